The Bertz CT molecular complexity index is 663. The lowest BCUT2D eigenvalue weighted by molar-refractivity contribution is 0.0160. The van der Waals surface area contributed by atoms with Crippen LogP contribution in [0.2, 0.25) is 0 Å². The monoisotopic (exact) mass is 343 g/mol. The fourth-order valence-corrected chi connectivity index (χ4v) is 2.82. The number of piperidine rings is 1. The van der Waals surface area contributed by atoms with Gasteiger partial charge < -0.3 is 14.5 Å². The Kier molecular flexibility index (Phi) is 5.68. The second-order valence-corrected chi connectivity index (χ2v) is 7.30. The van der Waals surface area contributed by atoms with Crippen molar-refractivity contribution in [2.45, 2.75) is 45.3 Å². The van der Waals surface area contributed by atoms with Gasteiger partial charge in [0.25, 0.3) is 5.91 Å². The molecule has 0 bridgehead atoms. The molecule has 1 fully saturated rings. The van der Waals surface area contributed by atoms with E-state index in [9.17, 15) is 9.59 Å². The van der Waals surface area contributed by atoms with Crippen molar-refractivity contribution in [1.82, 2.24) is 9.80 Å². The van der Waals surface area contributed by atoms with E-state index in [0.717, 1.165) is 12.8 Å². The number of carbonyl (C=O) groups is 2. The quantitative estimate of drug-likeness (QED) is 0.827. The highest BCUT2D eigenvalue weighted by molar-refractivity contribution is 5.94. The molecule has 0 aromatic heterocycles. The lowest BCUT2D eigenvalue weighted by atomic mass is 10.0. The lowest BCUT2D eigenvalue weighted by Crippen LogP contribution is -2.48. The summed E-state index contributed by atoms with van der Waals surface area (Å²) in [4.78, 5) is 28.1. The van der Waals surface area contributed by atoms with Crippen molar-refractivity contribution < 1.29 is 14.3 Å². The van der Waals surface area contributed by atoms with E-state index >= 15 is 0 Å². The highest BCUT2D eigenvalue weighted by Gasteiger charge is 2.30. The van der Waals surface area contributed by atoms with Crippen LogP contribution in [0.25, 0.3) is 0 Å². The Balaban J connectivity index is 1.92. The van der Waals surface area contributed by atoms with E-state index < -0.39 is 5.60 Å². The van der Waals surface area contributed by atoms with Gasteiger partial charge in [0.2, 0.25) is 0 Å². The van der Waals surface area contributed by atoms with Crippen LogP contribution in [0.3, 0.4) is 0 Å². The molecule has 25 heavy (non-hydrogen) atoms. The van der Waals surface area contributed by atoms with Gasteiger partial charge in [-0.05, 0) is 57.9 Å². The summed E-state index contributed by atoms with van der Waals surface area (Å²) >= 11 is 0. The van der Waals surface area contributed by atoms with Crippen LogP contribution in [0.15, 0.2) is 24.3 Å². The number of hydrogen-bond donors (Lipinski definition) is 0. The van der Waals surface area contributed by atoms with Crippen LogP contribution >= 0.6 is 0 Å². The van der Waals surface area contributed by atoms with E-state index in [4.69, 9.17) is 10.00 Å². The first kappa shape index (κ1) is 18.8. The van der Waals surface area contributed by atoms with Crippen LogP contribution in [-0.2, 0) is 4.74 Å². The fraction of sp³-hybridized carbons (Fsp3) is 0.526. The predicted molar refractivity (Wildman–Crippen MR) is 94.1 cm³/mol. The zero-order valence-corrected chi connectivity index (χ0v) is 15.3. The number of hydrogen-bond acceptors (Lipinski definition) is 4. The molecule has 2 rings (SSSR count). The molecule has 0 radical (unpaired) electrons. The maximum Gasteiger partial charge on any atom is 0.410 e. The molecule has 2 amide bonds. The number of likely N-dealkylation sites (tertiary alicyclic amines) is 1. The Hall–Kier alpha value is -2.55. The van der Waals surface area contributed by atoms with Crippen LogP contribution < -0.4 is 0 Å². The first-order valence-electron chi connectivity index (χ1n) is 8.46. The molecule has 6 nitrogen and oxygen atoms in total. The van der Waals surface area contributed by atoms with E-state index in [2.05, 4.69) is 0 Å². The summed E-state index contributed by atoms with van der Waals surface area (Å²) in [5.41, 5.74) is 0.594. The zero-order valence-electron chi connectivity index (χ0n) is 15.3. The van der Waals surface area contributed by atoms with E-state index in [-0.39, 0.29) is 18.0 Å². The van der Waals surface area contributed by atoms with Gasteiger partial charge in [-0.2, -0.15) is 5.26 Å². The maximum absolute atomic E-state index is 12.6. The Labute approximate surface area is 149 Å². The summed E-state index contributed by atoms with van der Waals surface area (Å²) in [5, 5.41) is 8.83. The molecule has 1 aromatic carbocycles. The van der Waals surface area contributed by atoms with E-state index in [0.29, 0.717) is 24.2 Å². The van der Waals surface area contributed by atoms with Crippen LogP contribution in [0, 0.1) is 11.3 Å². The average Bonchev–Trinajstić information content (AvgIpc) is 2.59. The van der Waals surface area contributed by atoms with Crippen LogP contribution in [0.5, 0.6) is 0 Å². The van der Waals surface area contributed by atoms with Gasteiger partial charge >= 0.3 is 6.09 Å². The minimum atomic E-state index is -0.504. The van der Waals surface area contributed by atoms with Gasteiger partial charge in [0.05, 0.1) is 11.6 Å². The first-order valence-corrected chi connectivity index (χ1v) is 8.46. The van der Waals surface area contributed by atoms with Gasteiger partial charge in [0, 0.05) is 31.7 Å². The first-order chi connectivity index (χ1) is 11.7. The van der Waals surface area contributed by atoms with Crippen molar-refractivity contribution in [3.63, 3.8) is 0 Å². The van der Waals surface area contributed by atoms with Crippen molar-refractivity contribution in [1.29, 1.82) is 5.26 Å². The molecular formula is C19H25N3O3. The number of nitrogens with zero attached hydrogens (tertiary/aromatic N) is 3. The van der Waals surface area contributed by atoms with Crippen LogP contribution in [-0.4, -0.2) is 53.6 Å². The number of rotatable bonds is 2. The Morgan fingerprint density at radius 2 is 1.76 bits per heavy atom. The normalized spacial score (nSPS) is 15.4. The maximum atomic E-state index is 12.6. The van der Waals surface area contributed by atoms with Gasteiger partial charge in [-0.3, -0.25) is 4.79 Å². The summed E-state index contributed by atoms with van der Waals surface area (Å²) in [5.74, 6) is -0.0693. The topological polar surface area (TPSA) is 73.6 Å². The second kappa shape index (κ2) is 7.56. The fourth-order valence-electron chi connectivity index (χ4n) is 2.82. The highest BCUT2D eigenvalue weighted by atomic mass is 16.6. The summed E-state index contributed by atoms with van der Waals surface area (Å²) < 4.78 is 5.39. The molecule has 0 saturated carbocycles. The third kappa shape index (κ3) is 4.96. The van der Waals surface area contributed by atoms with Gasteiger partial charge in [-0.25, -0.2) is 4.79 Å². The second-order valence-electron chi connectivity index (χ2n) is 7.30. The predicted octanol–water partition coefficient (Wildman–Crippen LogP) is 3.03. The van der Waals surface area contributed by atoms with Crippen LogP contribution in [0.1, 0.15) is 49.5 Å². The lowest BCUT2D eigenvalue weighted by Gasteiger charge is -2.37. The number of nitriles is 1. The molecule has 1 saturated heterocycles. The molecule has 134 valence electrons. The third-order valence-corrected chi connectivity index (χ3v) is 4.25. The summed E-state index contributed by atoms with van der Waals surface area (Å²) in [6.07, 6.45) is 1.14. The minimum Gasteiger partial charge on any atom is -0.444 e. The molecule has 0 unspecified atom stereocenters. The van der Waals surface area contributed by atoms with Crippen molar-refractivity contribution >= 4 is 12.0 Å². The zero-order chi connectivity index (χ0) is 18.6. The number of benzene rings is 1. The van der Waals surface area contributed by atoms with Gasteiger partial charge in [-0.15, -0.1) is 0 Å². The smallest absolute Gasteiger partial charge is 0.410 e. The highest BCUT2D eigenvalue weighted by Crippen LogP contribution is 2.20. The summed E-state index contributed by atoms with van der Waals surface area (Å²) in [6.45, 7) is 6.69. The molecule has 0 spiro atoms. The molecule has 1 aliphatic rings. The molecule has 6 heteroatoms. The largest absolute Gasteiger partial charge is 0.444 e. The number of amides is 2. The van der Waals surface area contributed by atoms with Crippen molar-refractivity contribution in [3.05, 3.63) is 35.4 Å². The standard InChI is InChI=1S/C19H25N3O3/c1-19(2,3)25-18(24)22-11-9-16(10-12-22)21(4)17(23)15-7-5-14(13-20)6-8-15/h5-8,16H,9-12H2,1-4H3. The number of ether oxygens (including phenoxy) is 1. The third-order valence-electron chi connectivity index (χ3n) is 4.25. The molecule has 1 aromatic rings. The van der Waals surface area contributed by atoms with Crippen LogP contribution in [0.4, 0.5) is 4.79 Å². The van der Waals surface area contributed by atoms with Crippen molar-refractivity contribution in [3.8, 4) is 6.07 Å². The SMILES string of the molecule is CN(C(=O)c1ccc(C#N)cc1)C1CCN(C(=O)OC(C)(C)C)CC1. The van der Waals surface area contributed by atoms with Gasteiger partial charge in [0.1, 0.15) is 5.60 Å². The van der Waals surface area contributed by atoms with E-state index in [1.165, 1.54) is 0 Å². The molecule has 1 aliphatic heterocycles. The summed E-state index contributed by atoms with van der Waals surface area (Å²) in [6, 6.07) is 8.77. The summed E-state index contributed by atoms with van der Waals surface area (Å²) in [7, 11) is 1.79. The molecule has 0 N–H and O–H groups in total. The van der Waals surface area contributed by atoms with E-state index in [1.807, 2.05) is 26.8 Å². The Morgan fingerprint density at radius 1 is 1.20 bits per heavy atom. The molecule has 0 aliphatic carbocycles. The van der Waals surface area contributed by atoms with Crippen molar-refractivity contribution in [2.24, 2.45) is 0 Å². The van der Waals surface area contributed by atoms with Crippen molar-refractivity contribution in [2.75, 3.05) is 20.1 Å². The number of carbonyl (C=O) groups excluding carboxylic acids is 2. The Morgan fingerprint density at radius 3 is 2.24 bits per heavy atom. The molecule has 0 atom stereocenters. The molecule has 1 heterocycles. The van der Waals surface area contributed by atoms with Gasteiger partial charge in [0.15, 0.2) is 0 Å². The van der Waals surface area contributed by atoms with E-state index in [1.54, 1.807) is 41.1 Å². The van der Waals surface area contributed by atoms with Gasteiger partial charge in [-0.1, -0.05) is 0 Å². The average molecular weight is 343 g/mol. The molecular weight excluding hydrogens is 318 g/mol. The minimum absolute atomic E-state index is 0.0693.